The molecule has 1 aliphatic heterocycles. The number of amides is 1. The second-order valence-electron chi connectivity index (χ2n) is 4.26. The average molecular weight is 265 g/mol. The van der Waals surface area contributed by atoms with Gasteiger partial charge in [0.2, 0.25) is 5.91 Å². The monoisotopic (exact) mass is 265 g/mol. The Morgan fingerprint density at radius 3 is 2.68 bits per heavy atom. The molecule has 1 atom stereocenters. The molecule has 0 aromatic heterocycles. The zero-order valence-electron chi connectivity index (χ0n) is 10.5. The second-order valence-corrected chi connectivity index (χ2v) is 4.26. The Labute approximate surface area is 110 Å². The van der Waals surface area contributed by atoms with Gasteiger partial charge in [-0.15, -0.1) is 0 Å². The van der Waals surface area contributed by atoms with Gasteiger partial charge in [-0.2, -0.15) is 0 Å². The number of carbonyl (C=O) groups excluding carboxylic acids is 1. The van der Waals surface area contributed by atoms with Gasteiger partial charge in [0.1, 0.15) is 19.1 Å². The maximum absolute atomic E-state index is 11.5. The van der Waals surface area contributed by atoms with Crippen molar-refractivity contribution in [3.8, 4) is 11.5 Å². The fraction of sp³-hybridized carbons (Fsp3) is 0.385. The summed E-state index contributed by atoms with van der Waals surface area (Å²) < 4.78 is 10.8. The van der Waals surface area contributed by atoms with Crippen molar-refractivity contribution >= 4 is 11.9 Å². The lowest BCUT2D eigenvalue weighted by Gasteiger charge is -2.19. The Morgan fingerprint density at radius 2 is 2.00 bits per heavy atom. The molecule has 1 aromatic carbocycles. The summed E-state index contributed by atoms with van der Waals surface area (Å²) in [5.41, 5.74) is 0.829. The summed E-state index contributed by atoms with van der Waals surface area (Å²) >= 11 is 0. The van der Waals surface area contributed by atoms with E-state index in [0.717, 1.165) is 5.56 Å². The molecule has 0 fully saturated rings. The number of hydrogen-bond donors (Lipinski definition) is 2. The predicted molar refractivity (Wildman–Crippen MR) is 66.1 cm³/mol. The van der Waals surface area contributed by atoms with E-state index in [0.29, 0.717) is 24.7 Å². The van der Waals surface area contributed by atoms with Crippen LogP contribution >= 0.6 is 0 Å². The molecule has 6 heteroatoms. The fourth-order valence-corrected chi connectivity index (χ4v) is 1.65. The maximum atomic E-state index is 11.5. The molecule has 6 nitrogen and oxygen atoms in total. The Kier molecular flexibility index (Phi) is 3.89. The van der Waals surface area contributed by atoms with Crippen molar-refractivity contribution < 1.29 is 24.2 Å². The third-order valence-corrected chi connectivity index (χ3v) is 2.84. The molecule has 0 spiro atoms. The lowest BCUT2D eigenvalue weighted by Crippen LogP contribution is -2.33. The van der Waals surface area contributed by atoms with Gasteiger partial charge in [-0.05, 0) is 24.6 Å². The van der Waals surface area contributed by atoms with Crippen molar-refractivity contribution in [1.29, 1.82) is 0 Å². The smallest absolute Gasteiger partial charge is 0.315 e. The number of benzene rings is 1. The van der Waals surface area contributed by atoms with Crippen LogP contribution < -0.4 is 14.8 Å². The van der Waals surface area contributed by atoms with Gasteiger partial charge in [-0.25, -0.2) is 0 Å². The van der Waals surface area contributed by atoms with Gasteiger partial charge in [0.25, 0.3) is 0 Å². The zero-order valence-corrected chi connectivity index (χ0v) is 10.5. The molecule has 1 aliphatic rings. The Hall–Kier alpha value is -2.24. The first-order chi connectivity index (χ1) is 9.08. The number of aliphatic carboxylic acids is 1. The SMILES string of the molecule is CC(C(=O)O)C(=O)NCc1ccc2c(c1)OCCO2. The molecule has 1 amide bonds. The van der Waals surface area contributed by atoms with Crippen LogP contribution in [-0.4, -0.2) is 30.2 Å². The number of nitrogens with one attached hydrogen (secondary N) is 1. The van der Waals surface area contributed by atoms with Gasteiger partial charge in [0, 0.05) is 6.54 Å². The molecular formula is C13H15NO5. The van der Waals surface area contributed by atoms with E-state index in [1.54, 1.807) is 18.2 Å². The van der Waals surface area contributed by atoms with E-state index in [1.165, 1.54) is 6.92 Å². The zero-order chi connectivity index (χ0) is 13.8. The number of ether oxygens (including phenoxy) is 2. The van der Waals surface area contributed by atoms with Crippen LogP contribution in [0.3, 0.4) is 0 Å². The maximum Gasteiger partial charge on any atom is 0.315 e. The number of carboxylic acid groups (broad SMARTS) is 1. The molecule has 2 N–H and O–H groups in total. The minimum Gasteiger partial charge on any atom is -0.486 e. The van der Waals surface area contributed by atoms with Crippen molar-refractivity contribution in [3.63, 3.8) is 0 Å². The van der Waals surface area contributed by atoms with Crippen LogP contribution in [0.2, 0.25) is 0 Å². The molecule has 1 heterocycles. The molecule has 0 bridgehead atoms. The summed E-state index contributed by atoms with van der Waals surface area (Å²) in [5, 5.41) is 11.3. The topological polar surface area (TPSA) is 84.9 Å². The summed E-state index contributed by atoms with van der Waals surface area (Å²) in [6.07, 6.45) is 0. The summed E-state index contributed by atoms with van der Waals surface area (Å²) in [5.74, 6) is -1.39. The van der Waals surface area contributed by atoms with E-state index in [4.69, 9.17) is 14.6 Å². The van der Waals surface area contributed by atoms with E-state index in [-0.39, 0.29) is 6.54 Å². The van der Waals surface area contributed by atoms with Crippen molar-refractivity contribution in [2.24, 2.45) is 5.92 Å². The van der Waals surface area contributed by atoms with Crippen LogP contribution in [0.5, 0.6) is 11.5 Å². The summed E-state index contributed by atoms with van der Waals surface area (Å²) in [6.45, 7) is 2.63. The lowest BCUT2D eigenvalue weighted by molar-refractivity contribution is -0.146. The largest absolute Gasteiger partial charge is 0.486 e. The third kappa shape index (κ3) is 3.15. The van der Waals surface area contributed by atoms with E-state index in [2.05, 4.69) is 5.32 Å². The molecule has 1 aromatic rings. The normalized spacial score (nSPS) is 14.6. The summed E-state index contributed by atoms with van der Waals surface area (Å²) in [4.78, 5) is 22.1. The molecule has 0 saturated carbocycles. The van der Waals surface area contributed by atoms with Crippen LogP contribution in [0, 0.1) is 5.92 Å². The second kappa shape index (κ2) is 5.60. The third-order valence-electron chi connectivity index (χ3n) is 2.84. The molecule has 19 heavy (non-hydrogen) atoms. The molecule has 102 valence electrons. The molecule has 0 radical (unpaired) electrons. The first kappa shape index (κ1) is 13.2. The van der Waals surface area contributed by atoms with Gasteiger partial charge in [-0.1, -0.05) is 6.07 Å². The molecular weight excluding hydrogens is 250 g/mol. The quantitative estimate of drug-likeness (QED) is 0.786. The number of carbonyl (C=O) groups is 2. The Balaban J connectivity index is 1.96. The van der Waals surface area contributed by atoms with E-state index < -0.39 is 17.8 Å². The Bertz CT molecular complexity index is 500. The minimum atomic E-state index is -1.14. The van der Waals surface area contributed by atoms with Crippen LogP contribution in [-0.2, 0) is 16.1 Å². The molecule has 1 unspecified atom stereocenters. The van der Waals surface area contributed by atoms with Crippen molar-refractivity contribution in [2.45, 2.75) is 13.5 Å². The summed E-state index contributed by atoms with van der Waals surface area (Å²) in [6, 6.07) is 5.36. The van der Waals surface area contributed by atoms with Crippen LogP contribution in [0.4, 0.5) is 0 Å². The van der Waals surface area contributed by atoms with Gasteiger partial charge >= 0.3 is 5.97 Å². The highest BCUT2D eigenvalue weighted by Gasteiger charge is 2.20. The highest BCUT2D eigenvalue weighted by atomic mass is 16.6. The van der Waals surface area contributed by atoms with Crippen LogP contribution in [0.25, 0.3) is 0 Å². The average Bonchev–Trinajstić information content (AvgIpc) is 2.43. The molecule has 0 saturated heterocycles. The lowest BCUT2D eigenvalue weighted by atomic mass is 10.1. The van der Waals surface area contributed by atoms with Crippen molar-refractivity contribution in [3.05, 3.63) is 23.8 Å². The summed E-state index contributed by atoms with van der Waals surface area (Å²) in [7, 11) is 0. The van der Waals surface area contributed by atoms with Crippen LogP contribution in [0.1, 0.15) is 12.5 Å². The van der Waals surface area contributed by atoms with Crippen molar-refractivity contribution in [1.82, 2.24) is 5.32 Å². The van der Waals surface area contributed by atoms with Gasteiger partial charge in [-0.3, -0.25) is 9.59 Å². The highest BCUT2D eigenvalue weighted by molar-refractivity contribution is 5.96. The minimum absolute atomic E-state index is 0.257. The van der Waals surface area contributed by atoms with E-state index in [1.807, 2.05) is 0 Å². The van der Waals surface area contributed by atoms with Crippen molar-refractivity contribution in [2.75, 3.05) is 13.2 Å². The van der Waals surface area contributed by atoms with E-state index in [9.17, 15) is 9.59 Å². The molecule has 2 rings (SSSR count). The standard InChI is InChI=1S/C13H15NO5/c1-8(13(16)17)12(15)14-7-9-2-3-10-11(6-9)19-5-4-18-10/h2-3,6,8H,4-5,7H2,1H3,(H,14,15)(H,16,17). The van der Waals surface area contributed by atoms with Gasteiger partial charge in [0.05, 0.1) is 0 Å². The number of rotatable bonds is 4. The Morgan fingerprint density at radius 1 is 1.32 bits per heavy atom. The highest BCUT2D eigenvalue weighted by Crippen LogP contribution is 2.30. The fourth-order valence-electron chi connectivity index (χ4n) is 1.65. The molecule has 0 aliphatic carbocycles. The van der Waals surface area contributed by atoms with Gasteiger partial charge in [0.15, 0.2) is 11.5 Å². The number of carboxylic acids is 1. The van der Waals surface area contributed by atoms with E-state index >= 15 is 0 Å². The first-order valence-corrected chi connectivity index (χ1v) is 5.97. The first-order valence-electron chi connectivity index (χ1n) is 5.97. The number of fused-ring (bicyclic) bond motifs is 1. The number of hydrogen-bond acceptors (Lipinski definition) is 4. The van der Waals surface area contributed by atoms with Gasteiger partial charge < -0.3 is 19.9 Å². The predicted octanol–water partition coefficient (Wildman–Crippen LogP) is 0.795. The van der Waals surface area contributed by atoms with Crippen LogP contribution in [0.15, 0.2) is 18.2 Å².